The Kier molecular flexibility index (Phi) is 5.26. The fourth-order valence-electron chi connectivity index (χ4n) is 2.93. The van der Waals surface area contributed by atoms with Gasteiger partial charge in [-0.3, -0.25) is 4.79 Å². The lowest BCUT2D eigenvalue weighted by Gasteiger charge is -2.35. The fraction of sp³-hybridized carbons (Fsp3) is 0.421. The van der Waals surface area contributed by atoms with Gasteiger partial charge in [-0.2, -0.15) is 0 Å². The van der Waals surface area contributed by atoms with Crippen LogP contribution in [0.15, 0.2) is 36.4 Å². The van der Waals surface area contributed by atoms with Crippen molar-refractivity contribution in [2.24, 2.45) is 5.92 Å². The van der Waals surface area contributed by atoms with E-state index in [1.807, 2.05) is 17.0 Å². The van der Waals surface area contributed by atoms with Crippen molar-refractivity contribution in [2.45, 2.75) is 20.3 Å². The molecular formula is C19H23FN4O. The van der Waals surface area contributed by atoms with Crippen molar-refractivity contribution in [1.82, 2.24) is 15.1 Å². The summed E-state index contributed by atoms with van der Waals surface area (Å²) in [4.78, 5) is 16.2. The van der Waals surface area contributed by atoms with Gasteiger partial charge in [-0.1, -0.05) is 13.8 Å². The first-order chi connectivity index (χ1) is 12.0. The van der Waals surface area contributed by atoms with Gasteiger partial charge in [0.15, 0.2) is 5.82 Å². The lowest BCUT2D eigenvalue weighted by Crippen LogP contribution is -2.49. The Balaban J connectivity index is 1.60. The summed E-state index contributed by atoms with van der Waals surface area (Å²) < 4.78 is 13.0. The molecule has 3 rings (SSSR count). The highest BCUT2D eigenvalue weighted by molar-refractivity contribution is 5.76. The number of hydrogen-bond acceptors (Lipinski definition) is 4. The van der Waals surface area contributed by atoms with E-state index in [-0.39, 0.29) is 11.7 Å². The third kappa shape index (κ3) is 4.32. The molecule has 0 bridgehead atoms. The van der Waals surface area contributed by atoms with Gasteiger partial charge in [0.2, 0.25) is 5.91 Å². The third-order valence-electron chi connectivity index (χ3n) is 4.33. The Hall–Kier alpha value is -2.50. The van der Waals surface area contributed by atoms with E-state index in [2.05, 4.69) is 28.9 Å². The lowest BCUT2D eigenvalue weighted by atomic mass is 10.1. The summed E-state index contributed by atoms with van der Waals surface area (Å²) in [6, 6.07) is 10.0. The second kappa shape index (κ2) is 7.59. The molecule has 1 saturated heterocycles. The fourth-order valence-corrected chi connectivity index (χ4v) is 2.93. The van der Waals surface area contributed by atoms with Crippen LogP contribution in [0.3, 0.4) is 0 Å². The van der Waals surface area contributed by atoms with Crippen LogP contribution in [-0.2, 0) is 4.79 Å². The summed E-state index contributed by atoms with van der Waals surface area (Å²) >= 11 is 0. The molecule has 0 saturated carbocycles. The maximum absolute atomic E-state index is 13.0. The predicted octanol–water partition coefficient (Wildman–Crippen LogP) is 2.98. The highest BCUT2D eigenvalue weighted by Crippen LogP contribution is 2.20. The van der Waals surface area contributed by atoms with Crippen LogP contribution in [0, 0.1) is 11.7 Å². The number of piperazine rings is 1. The van der Waals surface area contributed by atoms with Crippen molar-refractivity contribution < 1.29 is 9.18 Å². The van der Waals surface area contributed by atoms with E-state index in [1.165, 1.54) is 12.1 Å². The number of aromatic nitrogens is 2. The Bertz CT molecular complexity index is 707. The van der Waals surface area contributed by atoms with Gasteiger partial charge in [-0.15, -0.1) is 10.2 Å². The van der Waals surface area contributed by atoms with Crippen LogP contribution in [0.5, 0.6) is 0 Å². The SMILES string of the molecule is CC(C)CC(=O)N1CCN(c2ccc(-c3ccc(F)cc3)nn2)CC1. The molecule has 6 heteroatoms. The molecule has 1 aromatic heterocycles. The summed E-state index contributed by atoms with van der Waals surface area (Å²) in [6.07, 6.45) is 0.603. The van der Waals surface area contributed by atoms with Gasteiger partial charge in [0.25, 0.3) is 0 Å². The smallest absolute Gasteiger partial charge is 0.222 e. The van der Waals surface area contributed by atoms with E-state index >= 15 is 0 Å². The summed E-state index contributed by atoms with van der Waals surface area (Å²) in [6.45, 7) is 7.07. The summed E-state index contributed by atoms with van der Waals surface area (Å²) in [5.74, 6) is 1.16. The molecule has 1 amide bonds. The van der Waals surface area contributed by atoms with Gasteiger partial charge in [-0.25, -0.2) is 4.39 Å². The van der Waals surface area contributed by atoms with E-state index in [0.717, 1.165) is 30.2 Å². The molecule has 1 fully saturated rings. The quantitative estimate of drug-likeness (QED) is 0.857. The van der Waals surface area contributed by atoms with Crippen molar-refractivity contribution in [3.63, 3.8) is 0 Å². The molecule has 0 N–H and O–H groups in total. The Labute approximate surface area is 147 Å². The maximum atomic E-state index is 13.0. The van der Waals surface area contributed by atoms with E-state index < -0.39 is 0 Å². The first-order valence-electron chi connectivity index (χ1n) is 8.65. The highest BCUT2D eigenvalue weighted by atomic mass is 19.1. The molecule has 25 heavy (non-hydrogen) atoms. The maximum Gasteiger partial charge on any atom is 0.222 e. The molecule has 2 aromatic rings. The van der Waals surface area contributed by atoms with E-state index in [4.69, 9.17) is 0 Å². The van der Waals surface area contributed by atoms with Crippen LogP contribution < -0.4 is 4.90 Å². The number of benzene rings is 1. The van der Waals surface area contributed by atoms with Crippen molar-refractivity contribution in [3.8, 4) is 11.3 Å². The van der Waals surface area contributed by atoms with Crippen molar-refractivity contribution in [3.05, 3.63) is 42.2 Å². The van der Waals surface area contributed by atoms with Crippen molar-refractivity contribution in [1.29, 1.82) is 0 Å². The van der Waals surface area contributed by atoms with E-state index in [0.29, 0.717) is 25.4 Å². The van der Waals surface area contributed by atoms with Gasteiger partial charge in [-0.05, 0) is 42.3 Å². The number of carbonyl (C=O) groups is 1. The van der Waals surface area contributed by atoms with Crippen molar-refractivity contribution in [2.75, 3.05) is 31.1 Å². The minimum atomic E-state index is -0.266. The average molecular weight is 342 g/mol. The van der Waals surface area contributed by atoms with Gasteiger partial charge in [0, 0.05) is 38.2 Å². The predicted molar refractivity (Wildman–Crippen MR) is 95.7 cm³/mol. The van der Waals surface area contributed by atoms with E-state index in [9.17, 15) is 9.18 Å². The average Bonchev–Trinajstić information content (AvgIpc) is 2.62. The van der Waals surface area contributed by atoms with Crippen molar-refractivity contribution >= 4 is 11.7 Å². The molecule has 1 aliphatic heterocycles. The zero-order chi connectivity index (χ0) is 17.8. The van der Waals surface area contributed by atoms with Gasteiger partial charge in [0.05, 0.1) is 5.69 Å². The number of halogens is 1. The van der Waals surface area contributed by atoms with Gasteiger partial charge in [0.1, 0.15) is 5.82 Å². The Morgan fingerprint density at radius 1 is 1.04 bits per heavy atom. The number of anilines is 1. The second-order valence-electron chi connectivity index (χ2n) is 6.75. The molecule has 1 aromatic carbocycles. The van der Waals surface area contributed by atoms with Crippen LogP contribution in [0.2, 0.25) is 0 Å². The zero-order valence-corrected chi connectivity index (χ0v) is 14.7. The zero-order valence-electron chi connectivity index (χ0n) is 14.7. The third-order valence-corrected chi connectivity index (χ3v) is 4.33. The Morgan fingerprint density at radius 2 is 1.72 bits per heavy atom. The largest absolute Gasteiger partial charge is 0.352 e. The number of rotatable bonds is 4. The van der Waals surface area contributed by atoms with Gasteiger partial charge >= 0.3 is 0 Å². The standard InChI is InChI=1S/C19H23FN4O/c1-14(2)13-19(25)24-11-9-23(10-12-24)18-8-7-17(21-22-18)15-3-5-16(20)6-4-15/h3-8,14H,9-13H2,1-2H3. The topological polar surface area (TPSA) is 49.3 Å². The minimum absolute atomic E-state index is 0.229. The molecule has 0 spiro atoms. The minimum Gasteiger partial charge on any atom is -0.352 e. The molecule has 0 radical (unpaired) electrons. The van der Waals surface area contributed by atoms with Gasteiger partial charge < -0.3 is 9.80 Å². The van der Waals surface area contributed by atoms with Crippen LogP contribution in [0.1, 0.15) is 20.3 Å². The highest BCUT2D eigenvalue weighted by Gasteiger charge is 2.22. The summed E-state index contributed by atoms with van der Waals surface area (Å²) in [5.41, 5.74) is 1.55. The number of carbonyl (C=O) groups excluding carboxylic acids is 1. The van der Waals surface area contributed by atoms with Crippen LogP contribution in [-0.4, -0.2) is 47.2 Å². The second-order valence-corrected chi connectivity index (χ2v) is 6.75. The molecule has 132 valence electrons. The van der Waals surface area contributed by atoms with E-state index in [1.54, 1.807) is 12.1 Å². The Morgan fingerprint density at radius 3 is 2.28 bits per heavy atom. The number of hydrogen-bond donors (Lipinski definition) is 0. The normalized spacial score (nSPS) is 14.9. The first kappa shape index (κ1) is 17.3. The number of nitrogens with zero attached hydrogens (tertiary/aromatic N) is 4. The summed E-state index contributed by atoms with van der Waals surface area (Å²) in [5, 5.41) is 8.55. The molecule has 1 aliphatic rings. The lowest BCUT2D eigenvalue weighted by molar-refractivity contribution is -0.132. The monoisotopic (exact) mass is 342 g/mol. The molecular weight excluding hydrogens is 319 g/mol. The van der Waals surface area contributed by atoms with Crippen LogP contribution in [0.4, 0.5) is 10.2 Å². The van der Waals surface area contributed by atoms with Crippen LogP contribution in [0.25, 0.3) is 11.3 Å². The summed E-state index contributed by atoms with van der Waals surface area (Å²) in [7, 11) is 0. The van der Waals surface area contributed by atoms with Crippen LogP contribution >= 0.6 is 0 Å². The molecule has 0 unspecified atom stereocenters. The molecule has 0 atom stereocenters. The molecule has 2 heterocycles. The number of amides is 1. The molecule has 5 nitrogen and oxygen atoms in total. The molecule has 0 aliphatic carbocycles. The first-order valence-corrected chi connectivity index (χ1v) is 8.65.